The normalized spacial score (nSPS) is 27.1. The molecule has 2 fully saturated rings. The van der Waals surface area contributed by atoms with Gasteiger partial charge in [-0.3, -0.25) is 0 Å². The first-order chi connectivity index (χ1) is 13.2. The smallest absolute Gasteiger partial charge is 0.0249 e. The Bertz CT molecular complexity index is 828. The molecular weight excluding hydrogens is 324 g/mol. The molecule has 2 aliphatic carbocycles. The van der Waals surface area contributed by atoms with Crippen LogP contribution in [0.2, 0.25) is 0 Å². The van der Waals surface area contributed by atoms with E-state index in [4.69, 9.17) is 0 Å². The lowest BCUT2D eigenvalue weighted by Gasteiger charge is -2.41. The number of hydrogen-bond acceptors (Lipinski definition) is 0. The molecule has 138 valence electrons. The van der Waals surface area contributed by atoms with Crippen LogP contribution in [-0.4, -0.2) is 0 Å². The van der Waals surface area contributed by atoms with E-state index in [0.29, 0.717) is 0 Å². The van der Waals surface area contributed by atoms with E-state index in [1.165, 1.54) is 49.7 Å². The summed E-state index contributed by atoms with van der Waals surface area (Å²) in [5.41, 5.74) is 4.98. The lowest BCUT2D eigenvalue weighted by atomic mass is 9.64. The van der Waals surface area contributed by atoms with E-state index >= 15 is 0 Å². The van der Waals surface area contributed by atoms with E-state index in [0.717, 1.165) is 34.8 Å². The minimum atomic E-state index is 0.741. The summed E-state index contributed by atoms with van der Waals surface area (Å²) in [4.78, 5) is 0. The minimum Gasteiger partial charge on any atom is -0.103 e. The Balaban J connectivity index is 1.40. The van der Waals surface area contributed by atoms with Crippen LogP contribution in [0.5, 0.6) is 0 Å². The van der Waals surface area contributed by atoms with Crippen molar-refractivity contribution in [1.29, 1.82) is 0 Å². The SMILES string of the molecule is C=CC1CCC2CC(c3ccc(C#Cc4ccc(C)cc4)cc3)CCC2C1. The van der Waals surface area contributed by atoms with Crippen molar-refractivity contribution in [2.45, 2.75) is 51.4 Å². The van der Waals surface area contributed by atoms with Crippen molar-refractivity contribution >= 4 is 0 Å². The zero-order valence-corrected chi connectivity index (χ0v) is 16.5. The molecule has 0 aliphatic heterocycles. The summed E-state index contributed by atoms with van der Waals surface area (Å²) >= 11 is 0. The van der Waals surface area contributed by atoms with E-state index in [1.54, 1.807) is 0 Å². The zero-order valence-electron chi connectivity index (χ0n) is 16.5. The summed E-state index contributed by atoms with van der Waals surface area (Å²) in [6.07, 6.45) is 10.5. The van der Waals surface area contributed by atoms with Crippen molar-refractivity contribution in [1.82, 2.24) is 0 Å². The van der Waals surface area contributed by atoms with Gasteiger partial charge in [-0.1, -0.05) is 47.7 Å². The molecular formula is C27H30. The molecule has 0 amide bonds. The largest absolute Gasteiger partial charge is 0.103 e. The van der Waals surface area contributed by atoms with Crippen LogP contribution in [0.4, 0.5) is 0 Å². The minimum absolute atomic E-state index is 0.741. The van der Waals surface area contributed by atoms with Crippen LogP contribution in [0, 0.1) is 36.5 Å². The molecule has 0 radical (unpaired) electrons. The molecule has 4 unspecified atom stereocenters. The van der Waals surface area contributed by atoms with Gasteiger partial charge in [-0.05, 0) is 98.9 Å². The Morgan fingerprint density at radius 2 is 1.37 bits per heavy atom. The topological polar surface area (TPSA) is 0 Å². The van der Waals surface area contributed by atoms with Crippen molar-refractivity contribution < 1.29 is 0 Å². The molecule has 4 atom stereocenters. The van der Waals surface area contributed by atoms with Crippen molar-refractivity contribution in [2.75, 3.05) is 0 Å². The summed E-state index contributed by atoms with van der Waals surface area (Å²) in [5, 5.41) is 0. The van der Waals surface area contributed by atoms with Crippen molar-refractivity contribution in [3.63, 3.8) is 0 Å². The van der Waals surface area contributed by atoms with Crippen LogP contribution in [-0.2, 0) is 0 Å². The third kappa shape index (κ3) is 4.36. The fourth-order valence-corrected chi connectivity index (χ4v) is 5.06. The van der Waals surface area contributed by atoms with Crippen molar-refractivity contribution in [2.24, 2.45) is 17.8 Å². The highest BCUT2D eigenvalue weighted by molar-refractivity contribution is 5.44. The molecule has 0 nitrogen and oxygen atoms in total. The molecule has 4 rings (SSSR count). The van der Waals surface area contributed by atoms with E-state index in [1.807, 2.05) is 0 Å². The second-order valence-corrected chi connectivity index (χ2v) is 8.58. The lowest BCUT2D eigenvalue weighted by molar-refractivity contribution is 0.133. The van der Waals surface area contributed by atoms with Gasteiger partial charge in [-0.25, -0.2) is 0 Å². The molecule has 0 spiro atoms. The van der Waals surface area contributed by atoms with Crippen LogP contribution in [0.3, 0.4) is 0 Å². The Morgan fingerprint density at radius 1 is 0.778 bits per heavy atom. The second kappa shape index (κ2) is 8.18. The summed E-state index contributed by atoms with van der Waals surface area (Å²) in [7, 11) is 0. The highest BCUT2D eigenvalue weighted by atomic mass is 14.4. The average Bonchev–Trinajstić information content (AvgIpc) is 2.73. The maximum absolute atomic E-state index is 4.02. The highest BCUT2D eigenvalue weighted by Gasteiger charge is 2.35. The van der Waals surface area contributed by atoms with Gasteiger partial charge in [-0.15, -0.1) is 6.58 Å². The standard InChI is InChI=1S/C27H30/c1-3-21-10-15-27-19-26(17-16-25(27)18-21)24-13-11-23(12-14-24)9-8-22-6-4-20(2)5-7-22/h3-7,11-14,21,25-27H,1,10,15-19H2,2H3. The van der Waals surface area contributed by atoms with Crippen LogP contribution in [0.25, 0.3) is 0 Å². The molecule has 2 aromatic rings. The third-order valence-corrected chi connectivity index (χ3v) is 6.77. The quantitative estimate of drug-likeness (QED) is 0.407. The van der Waals surface area contributed by atoms with E-state index in [2.05, 4.69) is 80.0 Å². The van der Waals surface area contributed by atoms with Gasteiger partial charge in [0.25, 0.3) is 0 Å². The first-order valence-corrected chi connectivity index (χ1v) is 10.5. The first kappa shape index (κ1) is 18.1. The van der Waals surface area contributed by atoms with E-state index in [9.17, 15) is 0 Å². The van der Waals surface area contributed by atoms with Gasteiger partial charge in [0.2, 0.25) is 0 Å². The zero-order chi connectivity index (χ0) is 18.6. The maximum Gasteiger partial charge on any atom is 0.0249 e. The predicted octanol–water partition coefficient (Wildman–Crippen LogP) is 6.88. The van der Waals surface area contributed by atoms with Crippen LogP contribution >= 0.6 is 0 Å². The van der Waals surface area contributed by atoms with Crippen molar-refractivity contribution in [3.8, 4) is 11.8 Å². The molecule has 0 N–H and O–H groups in total. The maximum atomic E-state index is 4.02. The summed E-state index contributed by atoms with van der Waals surface area (Å²) in [6, 6.07) is 17.5. The molecule has 0 heterocycles. The number of hydrogen-bond donors (Lipinski definition) is 0. The Labute approximate surface area is 164 Å². The van der Waals surface area contributed by atoms with E-state index < -0.39 is 0 Å². The third-order valence-electron chi connectivity index (χ3n) is 6.77. The molecule has 0 aromatic heterocycles. The molecule has 0 bridgehead atoms. The fraction of sp³-hybridized carbons (Fsp3) is 0.407. The lowest BCUT2D eigenvalue weighted by Crippen LogP contribution is -2.29. The second-order valence-electron chi connectivity index (χ2n) is 8.58. The number of fused-ring (bicyclic) bond motifs is 1. The predicted molar refractivity (Wildman–Crippen MR) is 115 cm³/mol. The van der Waals surface area contributed by atoms with Gasteiger partial charge in [0.15, 0.2) is 0 Å². The molecule has 0 saturated heterocycles. The number of allylic oxidation sites excluding steroid dienone is 1. The summed E-state index contributed by atoms with van der Waals surface area (Å²) in [6.45, 7) is 6.13. The van der Waals surface area contributed by atoms with Crippen LogP contribution in [0.1, 0.15) is 66.7 Å². The number of benzene rings is 2. The van der Waals surface area contributed by atoms with E-state index in [-0.39, 0.29) is 0 Å². The van der Waals surface area contributed by atoms with Gasteiger partial charge in [-0.2, -0.15) is 0 Å². The monoisotopic (exact) mass is 354 g/mol. The van der Waals surface area contributed by atoms with Gasteiger partial charge in [0.1, 0.15) is 0 Å². The highest BCUT2D eigenvalue weighted by Crippen LogP contribution is 2.47. The first-order valence-electron chi connectivity index (χ1n) is 10.5. The average molecular weight is 355 g/mol. The summed E-state index contributed by atoms with van der Waals surface area (Å²) < 4.78 is 0. The number of rotatable bonds is 2. The molecule has 0 heteroatoms. The molecule has 2 saturated carbocycles. The molecule has 2 aliphatic rings. The Morgan fingerprint density at radius 3 is 2.04 bits per heavy atom. The van der Waals surface area contributed by atoms with Gasteiger partial charge < -0.3 is 0 Å². The summed E-state index contributed by atoms with van der Waals surface area (Å²) in [5.74, 6) is 9.97. The van der Waals surface area contributed by atoms with Gasteiger partial charge in [0.05, 0.1) is 0 Å². The van der Waals surface area contributed by atoms with Crippen LogP contribution < -0.4 is 0 Å². The number of aryl methyl sites for hydroxylation is 1. The van der Waals surface area contributed by atoms with Crippen LogP contribution in [0.15, 0.2) is 61.2 Å². The molecule has 27 heavy (non-hydrogen) atoms. The Kier molecular flexibility index (Phi) is 5.49. The van der Waals surface area contributed by atoms with Gasteiger partial charge >= 0.3 is 0 Å². The van der Waals surface area contributed by atoms with Crippen molar-refractivity contribution in [3.05, 3.63) is 83.4 Å². The van der Waals surface area contributed by atoms with Gasteiger partial charge in [0, 0.05) is 11.1 Å². The molecule has 2 aromatic carbocycles. The fourth-order valence-electron chi connectivity index (χ4n) is 5.06. The Hall–Kier alpha value is -2.26.